The Morgan fingerprint density at radius 1 is 1.48 bits per heavy atom. The summed E-state index contributed by atoms with van der Waals surface area (Å²) in [7, 11) is 0. The Morgan fingerprint density at radius 3 is 3.00 bits per heavy atom. The number of nitrogens with zero attached hydrogens (tertiary/aromatic N) is 4. The van der Waals surface area contributed by atoms with Crippen molar-refractivity contribution in [2.75, 3.05) is 25.4 Å². The third-order valence-electron chi connectivity index (χ3n) is 3.65. The Hall–Kier alpha value is -1.44. The topological polar surface area (TPSA) is 69.2 Å². The van der Waals surface area contributed by atoms with E-state index >= 15 is 0 Å². The van der Waals surface area contributed by atoms with Crippen molar-refractivity contribution in [2.45, 2.75) is 33.0 Å². The van der Waals surface area contributed by atoms with Crippen LogP contribution in [0.1, 0.15) is 16.3 Å². The summed E-state index contributed by atoms with van der Waals surface area (Å²) in [6.45, 7) is 8.43. The van der Waals surface area contributed by atoms with Gasteiger partial charge in [-0.15, -0.1) is 11.3 Å². The molecule has 0 aromatic carbocycles. The zero-order chi connectivity index (χ0) is 14.8. The predicted octanol–water partition coefficient (Wildman–Crippen LogP) is 1.44. The molecule has 1 saturated heterocycles. The second-order valence-corrected chi connectivity index (χ2v) is 6.65. The number of ether oxygens (including phenoxy) is 1. The Labute approximate surface area is 128 Å². The minimum absolute atomic E-state index is 0.182. The van der Waals surface area contributed by atoms with Crippen LogP contribution in [0.15, 0.2) is 12.3 Å². The summed E-state index contributed by atoms with van der Waals surface area (Å²) in [6.07, 6.45) is 2.05. The number of aromatic nitrogens is 3. The van der Waals surface area contributed by atoms with Crippen molar-refractivity contribution in [3.05, 3.63) is 28.5 Å². The highest BCUT2D eigenvalue weighted by Crippen LogP contribution is 2.18. The molecule has 1 aliphatic rings. The monoisotopic (exact) mass is 307 g/mol. The van der Waals surface area contributed by atoms with E-state index < -0.39 is 0 Å². The van der Waals surface area contributed by atoms with Gasteiger partial charge in [0, 0.05) is 36.4 Å². The number of aryl methyl sites for hydroxylation is 2. The number of hydrogen-bond donors (Lipinski definition) is 1. The minimum Gasteiger partial charge on any atom is -0.375 e. The zero-order valence-corrected chi connectivity index (χ0v) is 13.3. The highest BCUT2D eigenvalue weighted by Gasteiger charge is 2.22. The SMILES string of the molecule is Cc1cc(C)n(CC2CN(Cc3cnc(N)s3)CCO2)n1. The second-order valence-electron chi connectivity index (χ2n) is 5.50. The van der Waals surface area contributed by atoms with Gasteiger partial charge in [0.05, 0.1) is 24.9 Å². The molecule has 7 heteroatoms. The standard InChI is InChI=1S/C14H21N5OS/c1-10-5-11(2)19(17-10)8-12-7-18(3-4-20-12)9-13-6-16-14(15)21-13/h5-6,12H,3-4,7-9H2,1-2H3,(H2,15,16). The van der Waals surface area contributed by atoms with E-state index in [1.54, 1.807) is 11.3 Å². The maximum absolute atomic E-state index is 5.88. The van der Waals surface area contributed by atoms with E-state index in [9.17, 15) is 0 Å². The fraction of sp³-hybridized carbons (Fsp3) is 0.571. The first-order chi connectivity index (χ1) is 10.1. The molecule has 1 unspecified atom stereocenters. The van der Waals surface area contributed by atoms with E-state index in [0.717, 1.165) is 38.5 Å². The van der Waals surface area contributed by atoms with E-state index in [1.807, 2.05) is 17.8 Å². The number of nitrogen functional groups attached to an aromatic ring is 1. The van der Waals surface area contributed by atoms with Crippen LogP contribution in [0, 0.1) is 13.8 Å². The largest absolute Gasteiger partial charge is 0.375 e. The van der Waals surface area contributed by atoms with Crippen LogP contribution in [0.4, 0.5) is 5.13 Å². The van der Waals surface area contributed by atoms with Crippen molar-refractivity contribution >= 4 is 16.5 Å². The summed E-state index contributed by atoms with van der Waals surface area (Å²) < 4.78 is 7.92. The average molecular weight is 307 g/mol. The van der Waals surface area contributed by atoms with Crippen LogP contribution in [0.25, 0.3) is 0 Å². The van der Waals surface area contributed by atoms with Crippen molar-refractivity contribution in [3.8, 4) is 0 Å². The lowest BCUT2D eigenvalue weighted by Gasteiger charge is -2.32. The normalized spacial score (nSPS) is 20.0. The summed E-state index contributed by atoms with van der Waals surface area (Å²) in [6, 6.07) is 2.10. The predicted molar refractivity (Wildman–Crippen MR) is 83.2 cm³/mol. The molecule has 1 aliphatic heterocycles. The van der Waals surface area contributed by atoms with Gasteiger partial charge in [-0.25, -0.2) is 4.98 Å². The number of hydrogen-bond acceptors (Lipinski definition) is 6. The van der Waals surface area contributed by atoms with Gasteiger partial charge in [-0.2, -0.15) is 5.10 Å². The summed E-state index contributed by atoms with van der Waals surface area (Å²) in [4.78, 5) is 7.71. The lowest BCUT2D eigenvalue weighted by molar-refractivity contribution is -0.0402. The number of thiazole rings is 1. The van der Waals surface area contributed by atoms with Gasteiger partial charge in [0.2, 0.25) is 0 Å². The average Bonchev–Trinajstić information content (AvgIpc) is 2.96. The van der Waals surface area contributed by atoms with Gasteiger partial charge in [-0.05, 0) is 19.9 Å². The second kappa shape index (κ2) is 6.13. The van der Waals surface area contributed by atoms with Crippen LogP contribution in [0.5, 0.6) is 0 Å². The first kappa shape index (κ1) is 14.5. The lowest BCUT2D eigenvalue weighted by Crippen LogP contribution is -2.43. The van der Waals surface area contributed by atoms with E-state index in [2.05, 4.69) is 28.0 Å². The summed E-state index contributed by atoms with van der Waals surface area (Å²) in [5.74, 6) is 0. The first-order valence-corrected chi connectivity index (χ1v) is 7.97. The van der Waals surface area contributed by atoms with Gasteiger partial charge < -0.3 is 10.5 Å². The molecule has 3 rings (SSSR count). The van der Waals surface area contributed by atoms with Crippen molar-refractivity contribution in [1.29, 1.82) is 0 Å². The van der Waals surface area contributed by atoms with Crippen LogP contribution >= 0.6 is 11.3 Å². The molecule has 0 bridgehead atoms. The molecule has 21 heavy (non-hydrogen) atoms. The van der Waals surface area contributed by atoms with Gasteiger partial charge in [0.25, 0.3) is 0 Å². The molecule has 0 radical (unpaired) electrons. The maximum atomic E-state index is 5.88. The van der Waals surface area contributed by atoms with Crippen molar-refractivity contribution in [2.24, 2.45) is 0 Å². The zero-order valence-electron chi connectivity index (χ0n) is 12.5. The molecule has 1 atom stereocenters. The third kappa shape index (κ3) is 3.61. The summed E-state index contributed by atoms with van der Waals surface area (Å²) in [5, 5.41) is 5.15. The minimum atomic E-state index is 0.182. The van der Waals surface area contributed by atoms with Crippen LogP contribution in [0.3, 0.4) is 0 Å². The van der Waals surface area contributed by atoms with Crippen LogP contribution < -0.4 is 5.73 Å². The van der Waals surface area contributed by atoms with Gasteiger partial charge in [0.15, 0.2) is 5.13 Å². The van der Waals surface area contributed by atoms with E-state index in [4.69, 9.17) is 10.5 Å². The molecule has 2 N–H and O–H groups in total. The van der Waals surface area contributed by atoms with Crippen molar-refractivity contribution in [1.82, 2.24) is 19.7 Å². The Morgan fingerprint density at radius 2 is 2.33 bits per heavy atom. The smallest absolute Gasteiger partial charge is 0.180 e. The fourth-order valence-electron chi connectivity index (χ4n) is 2.70. The quantitative estimate of drug-likeness (QED) is 0.925. The molecule has 2 aromatic heterocycles. The molecule has 3 heterocycles. The molecule has 0 amide bonds. The Balaban J connectivity index is 1.59. The lowest BCUT2D eigenvalue weighted by atomic mass is 10.2. The van der Waals surface area contributed by atoms with E-state index in [-0.39, 0.29) is 6.10 Å². The van der Waals surface area contributed by atoms with Gasteiger partial charge >= 0.3 is 0 Å². The molecule has 114 valence electrons. The van der Waals surface area contributed by atoms with E-state index in [0.29, 0.717) is 5.13 Å². The van der Waals surface area contributed by atoms with Crippen LogP contribution in [0.2, 0.25) is 0 Å². The molecule has 0 spiro atoms. The summed E-state index contributed by atoms with van der Waals surface area (Å²) in [5.41, 5.74) is 7.92. The highest BCUT2D eigenvalue weighted by molar-refractivity contribution is 7.15. The molecule has 0 aliphatic carbocycles. The summed E-state index contributed by atoms with van der Waals surface area (Å²) >= 11 is 1.56. The van der Waals surface area contributed by atoms with Crippen LogP contribution in [-0.2, 0) is 17.8 Å². The Bertz CT molecular complexity index is 608. The fourth-order valence-corrected chi connectivity index (χ4v) is 3.43. The van der Waals surface area contributed by atoms with Gasteiger partial charge in [-0.1, -0.05) is 0 Å². The third-order valence-corrected chi connectivity index (χ3v) is 4.46. The number of morpholine rings is 1. The highest BCUT2D eigenvalue weighted by atomic mass is 32.1. The molecule has 1 fully saturated rings. The number of rotatable bonds is 4. The first-order valence-electron chi connectivity index (χ1n) is 7.15. The van der Waals surface area contributed by atoms with Gasteiger partial charge in [0.1, 0.15) is 0 Å². The molecule has 0 saturated carbocycles. The molecular formula is C14H21N5OS. The molecule has 6 nitrogen and oxygen atoms in total. The number of nitrogens with two attached hydrogens (primary N) is 1. The van der Waals surface area contributed by atoms with Crippen LogP contribution in [-0.4, -0.2) is 45.5 Å². The molecular weight excluding hydrogens is 286 g/mol. The Kier molecular flexibility index (Phi) is 4.23. The number of anilines is 1. The van der Waals surface area contributed by atoms with E-state index in [1.165, 1.54) is 10.6 Å². The van der Waals surface area contributed by atoms with Crippen molar-refractivity contribution < 1.29 is 4.74 Å². The molecule has 2 aromatic rings. The van der Waals surface area contributed by atoms with Crippen molar-refractivity contribution in [3.63, 3.8) is 0 Å². The van der Waals surface area contributed by atoms with Gasteiger partial charge in [-0.3, -0.25) is 9.58 Å². The maximum Gasteiger partial charge on any atom is 0.180 e.